The summed E-state index contributed by atoms with van der Waals surface area (Å²) in [7, 11) is 0. The summed E-state index contributed by atoms with van der Waals surface area (Å²) in [4.78, 5) is 14.9. The third-order valence-electron chi connectivity index (χ3n) is 2.88. The van der Waals surface area contributed by atoms with Crippen LogP contribution in [0.25, 0.3) is 0 Å². The number of carboxylic acids is 1. The zero-order valence-electron chi connectivity index (χ0n) is 12.0. The highest BCUT2D eigenvalue weighted by molar-refractivity contribution is 6.37. The van der Waals surface area contributed by atoms with Gasteiger partial charge in [0.15, 0.2) is 12.4 Å². The van der Waals surface area contributed by atoms with Crippen molar-refractivity contribution in [1.29, 1.82) is 0 Å². The Morgan fingerprint density at radius 2 is 1.87 bits per heavy atom. The minimum Gasteiger partial charge on any atom is -0.479 e. The van der Waals surface area contributed by atoms with E-state index in [-0.39, 0.29) is 15.8 Å². The van der Waals surface area contributed by atoms with Crippen molar-refractivity contribution in [2.24, 2.45) is 4.99 Å². The second-order valence-corrected chi connectivity index (χ2v) is 5.94. The lowest BCUT2D eigenvalue weighted by Gasteiger charge is -2.08. The molecule has 0 aliphatic heterocycles. The summed E-state index contributed by atoms with van der Waals surface area (Å²) >= 11 is 18.1. The average molecular weight is 373 g/mol. The molecular weight excluding hydrogens is 361 g/mol. The van der Waals surface area contributed by atoms with Crippen molar-refractivity contribution >= 4 is 52.7 Å². The molecule has 4 nitrogen and oxygen atoms in total. The van der Waals surface area contributed by atoms with Crippen LogP contribution in [0.2, 0.25) is 15.1 Å². The maximum absolute atomic E-state index is 10.5. The fourth-order valence-electron chi connectivity index (χ4n) is 1.79. The number of aryl methyl sites for hydroxylation is 1. The van der Waals surface area contributed by atoms with Crippen LogP contribution in [0.15, 0.2) is 35.3 Å². The molecule has 2 aromatic carbocycles. The number of aliphatic imine (C=N–C) groups is 1. The number of carbonyl (C=O) groups is 1. The number of nitrogens with zero attached hydrogens (tertiary/aromatic N) is 1. The highest BCUT2D eigenvalue weighted by atomic mass is 35.5. The van der Waals surface area contributed by atoms with Gasteiger partial charge < -0.3 is 9.84 Å². The Kier molecular flexibility index (Phi) is 5.88. The van der Waals surface area contributed by atoms with Crippen LogP contribution in [0.1, 0.15) is 11.1 Å². The Morgan fingerprint density at radius 1 is 1.22 bits per heavy atom. The second kappa shape index (κ2) is 7.68. The third-order valence-corrected chi connectivity index (χ3v) is 3.68. The zero-order chi connectivity index (χ0) is 17.0. The highest BCUT2D eigenvalue weighted by Crippen LogP contribution is 2.34. The van der Waals surface area contributed by atoms with Gasteiger partial charge >= 0.3 is 5.97 Å². The monoisotopic (exact) mass is 371 g/mol. The Labute approximate surface area is 148 Å². The predicted molar refractivity (Wildman–Crippen MR) is 93.0 cm³/mol. The average Bonchev–Trinajstić information content (AvgIpc) is 2.47. The van der Waals surface area contributed by atoms with Gasteiger partial charge in [0.05, 0.1) is 15.7 Å². The Bertz CT molecular complexity index is 752. The molecule has 0 aliphatic carbocycles. The van der Waals surface area contributed by atoms with Gasteiger partial charge in [-0.05, 0) is 42.3 Å². The van der Waals surface area contributed by atoms with Crippen molar-refractivity contribution in [1.82, 2.24) is 0 Å². The van der Waals surface area contributed by atoms with Crippen molar-refractivity contribution in [2.45, 2.75) is 6.92 Å². The van der Waals surface area contributed by atoms with Crippen molar-refractivity contribution in [2.75, 3.05) is 6.61 Å². The molecular formula is C16H12Cl3NO3. The molecule has 0 aromatic heterocycles. The predicted octanol–water partition coefficient (Wildman–Crippen LogP) is 5.17. The molecule has 2 aromatic rings. The van der Waals surface area contributed by atoms with Gasteiger partial charge in [0.1, 0.15) is 0 Å². The van der Waals surface area contributed by atoms with Crippen molar-refractivity contribution in [3.63, 3.8) is 0 Å². The molecule has 120 valence electrons. The number of aliphatic carboxylic acids is 1. The Balaban J connectivity index is 2.26. The van der Waals surface area contributed by atoms with E-state index in [2.05, 4.69) is 4.99 Å². The highest BCUT2D eigenvalue weighted by Gasteiger charge is 2.11. The molecule has 0 atom stereocenters. The summed E-state index contributed by atoms with van der Waals surface area (Å²) in [5.41, 5.74) is 2.36. The van der Waals surface area contributed by atoms with Gasteiger partial charge in [-0.3, -0.25) is 4.99 Å². The summed E-state index contributed by atoms with van der Waals surface area (Å²) in [6.45, 7) is 1.40. The van der Waals surface area contributed by atoms with Gasteiger partial charge in [-0.1, -0.05) is 40.9 Å². The van der Waals surface area contributed by atoms with Crippen LogP contribution in [-0.4, -0.2) is 23.9 Å². The molecule has 2 rings (SSSR count). The second-order valence-electron chi connectivity index (χ2n) is 4.69. The molecule has 7 heteroatoms. The molecule has 0 heterocycles. The maximum atomic E-state index is 10.5. The van der Waals surface area contributed by atoms with Gasteiger partial charge in [-0.25, -0.2) is 4.79 Å². The van der Waals surface area contributed by atoms with Crippen LogP contribution in [0.5, 0.6) is 5.75 Å². The molecule has 0 spiro atoms. The lowest BCUT2D eigenvalue weighted by atomic mass is 10.2. The molecule has 23 heavy (non-hydrogen) atoms. The van der Waals surface area contributed by atoms with Crippen LogP contribution < -0.4 is 4.74 Å². The number of ether oxygens (including phenoxy) is 1. The number of hydrogen-bond donors (Lipinski definition) is 1. The number of benzene rings is 2. The lowest BCUT2D eigenvalue weighted by Crippen LogP contribution is -2.10. The summed E-state index contributed by atoms with van der Waals surface area (Å²) in [5.74, 6) is -0.981. The molecule has 0 radical (unpaired) electrons. The summed E-state index contributed by atoms with van der Waals surface area (Å²) in [6.07, 6.45) is 1.59. The standard InChI is InChI=1S/C16H12Cl3NO3/c1-9-2-3-11(17)6-14(9)20-7-10-4-12(18)16(13(19)5-10)23-8-15(21)22/h2-7H,8H2,1H3,(H,21,22). The Hall–Kier alpha value is -1.75. The first kappa shape index (κ1) is 17.6. The molecule has 0 saturated carbocycles. The quantitative estimate of drug-likeness (QED) is 0.737. The van der Waals surface area contributed by atoms with Gasteiger partial charge in [0, 0.05) is 11.2 Å². The summed E-state index contributed by atoms with van der Waals surface area (Å²) in [6, 6.07) is 8.60. The smallest absolute Gasteiger partial charge is 0.341 e. The van der Waals surface area contributed by atoms with E-state index in [1.54, 1.807) is 30.5 Å². The summed E-state index contributed by atoms with van der Waals surface area (Å²) in [5, 5.41) is 9.64. The van der Waals surface area contributed by atoms with E-state index < -0.39 is 12.6 Å². The van der Waals surface area contributed by atoms with Crippen molar-refractivity contribution in [3.05, 3.63) is 56.5 Å². The molecule has 0 saturated heterocycles. The number of rotatable bonds is 5. The minimum absolute atomic E-state index is 0.131. The van der Waals surface area contributed by atoms with E-state index >= 15 is 0 Å². The number of carboxylic acid groups (broad SMARTS) is 1. The summed E-state index contributed by atoms with van der Waals surface area (Å²) < 4.78 is 5.06. The van der Waals surface area contributed by atoms with Gasteiger partial charge in [0.2, 0.25) is 0 Å². The first-order valence-corrected chi connectivity index (χ1v) is 7.64. The normalized spacial score (nSPS) is 11.0. The van der Waals surface area contributed by atoms with Crippen LogP contribution in [-0.2, 0) is 4.79 Å². The fraction of sp³-hybridized carbons (Fsp3) is 0.125. The zero-order valence-corrected chi connectivity index (χ0v) is 14.3. The molecule has 0 aliphatic rings. The fourth-order valence-corrected chi connectivity index (χ4v) is 2.57. The minimum atomic E-state index is -1.11. The number of halogens is 3. The first-order chi connectivity index (χ1) is 10.9. The van der Waals surface area contributed by atoms with E-state index in [1.165, 1.54) is 0 Å². The lowest BCUT2D eigenvalue weighted by molar-refractivity contribution is -0.139. The largest absolute Gasteiger partial charge is 0.479 e. The van der Waals surface area contributed by atoms with Gasteiger partial charge in [-0.15, -0.1) is 0 Å². The van der Waals surface area contributed by atoms with Crippen LogP contribution >= 0.6 is 34.8 Å². The van der Waals surface area contributed by atoms with E-state index in [0.29, 0.717) is 10.6 Å². The van der Waals surface area contributed by atoms with Crippen LogP contribution in [0, 0.1) is 6.92 Å². The molecule has 1 N–H and O–H groups in total. The Morgan fingerprint density at radius 3 is 2.48 bits per heavy atom. The maximum Gasteiger partial charge on any atom is 0.341 e. The third kappa shape index (κ3) is 4.86. The molecule has 0 amide bonds. The SMILES string of the molecule is Cc1ccc(Cl)cc1N=Cc1cc(Cl)c(OCC(=O)O)c(Cl)c1. The van der Waals surface area contributed by atoms with Gasteiger partial charge in [0.25, 0.3) is 0 Å². The van der Waals surface area contributed by atoms with E-state index in [0.717, 1.165) is 11.3 Å². The van der Waals surface area contributed by atoms with Crippen molar-refractivity contribution < 1.29 is 14.6 Å². The van der Waals surface area contributed by atoms with Crippen molar-refractivity contribution in [3.8, 4) is 5.75 Å². The number of hydrogen-bond acceptors (Lipinski definition) is 3. The van der Waals surface area contributed by atoms with E-state index in [1.807, 2.05) is 13.0 Å². The van der Waals surface area contributed by atoms with Gasteiger partial charge in [-0.2, -0.15) is 0 Å². The van der Waals surface area contributed by atoms with E-state index in [4.69, 9.17) is 44.6 Å². The molecule has 0 bridgehead atoms. The van der Waals surface area contributed by atoms with E-state index in [9.17, 15) is 4.79 Å². The first-order valence-electron chi connectivity index (χ1n) is 6.50. The van der Waals surface area contributed by atoms with Crippen LogP contribution in [0.4, 0.5) is 5.69 Å². The van der Waals surface area contributed by atoms with Crippen LogP contribution in [0.3, 0.4) is 0 Å². The molecule has 0 unspecified atom stereocenters. The topological polar surface area (TPSA) is 58.9 Å². The molecule has 0 fully saturated rings.